The minimum Gasteiger partial charge on any atom is -0.484 e. The monoisotopic (exact) mass is 369 g/mol. The van der Waals surface area contributed by atoms with E-state index in [1.165, 1.54) is 12.8 Å². The summed E-state index contributed by atoms with van der Waals surface area (Å²) in [6.45, 7) is 4.40. The molecule has 132 valence electrons. The van der Waals surface area contributed by atoms with Crippen LogP contribution in [0, 0.1) is 11.8 Å². The van der Waals surface area contributed by atoms with E-state index in [0.29, 0.717) is 33.8 Å². The molecule has 3 atom stereocenters. The summed E-state index contributed by atoms with van der Waals surface area (Å²) in [6.07, 6.45) is 3.56. The van der Waals surface area contributed by atoms with E-state index in [2.05, 4.69) is 30.0 Å². The predicted molar refractivity (Wildman–Crippen MR) is 99.9 cm³/mol. The molecule has 1 fully saturated rings. The molecule has 0 saturated heterocycles. The Hall–Kier alpha value is -1.53. The van der Waals surface area contributed by atoms with Crippen LogP contribution in [0.1, 0.15) is 33.1 Å². The van der Waals surface area contributed by atoms with Crippen LogP contribution < -0.4 is 20.9 Å². The maximum atomic E-state index is 11.8. The third-order valence-electron chi connectivity index (χ3n) is 4.52. The highest BCUT2D eigenvalue weighted by atomic mass is 35.5. The summed E-state index contributed by atoms with van der Waals surface area (Å²) >= 11 is 11.0. The molecule has 1 amide bonds. The average Bonchev–Trinajstić information content (AvgIpc) is 2.56. The lowest BCUT2D eigenvalue weighted by atomic mass is 9.78. The van der Waals surface area contributed by atoms with Crippen molar-refractivity contribution in [2.75, 3.05) is 6.61 Å². The van der Waals surface area contributed by atoms with Gasteiger partial charge in [-0.25, -0.2) is 0 Å². The fourth-order valence-electron chi connectivity index (χ4n) is 2.83. The van der Waals surface area contributed by atoms with Crippen LogP contribution in [0.2, 0.25) is 5.02 Å². The molecule has 1 aliphatic carbocycles. The molecule has 0 aromatic heterocycles. The molecule has 5 nitrogen and oxygen atoms in total. The fraction of sp³-hybridized carbons (Fsp3) is 0.529. The maximum absolute atomic E-state index is 11.8. The molecule has 0 radical (unpaired) electrons. The molecule has 0 aliphatic heterocycles. The molecule has 1 aliphatic rings. The first kappa shape index (κ1) is 18.8. The second kappa shape index (κ2) is 9.08. The predicted octanol–water partition coefficient (Wildman–Crippen LogP) is 3.04. The van der Waals surface area contributed by atoms with Crippen molar-refractivity contribution in [1.29, 1.82) is 0 Å². The van der Waals surface area contributed by atoms with Crippen LogP contribution in [0.15, 0.2) is 24.3 Å². The van der Waals surface area contributed by atoms with E-state index in [1.807, 2.05) is 0 Å². The van der Waals surface area contributed by atoms with Gasteiger partial charge in [0.2, 0.25) is 0 Å². The summed E-state index contributed by atoms with van der Waals surface area (Å²) < 4.78 is 5.36. The van der Waals surface area contributed by atoms with Gasteiger partial charge in [-0.2, -0.15) is 0 Å². The quantitative estimate of drug-likeness (QED) is 0.562. The van der Waals surface area contributed by atoms with Gasteiger partial charge in [-0.15, -0.1) is 0 Å². The number of carbonyl (C=O) groups is 1. The molecular weight excluding hydrogens is 346 g/mol. The molecule has 3 N–H and O–H groups in total. The zero-order valence-corrected chi connectivity index (χ0v) is 15.5. The van der Waals surface area contributed by atoms with Crippen molar-refractivity contribution in [2.24, 2.45) is 11.8 Å². The van der Waals surface area contributed by atoms with Crippen molar-refractivity contribution in [1.82, 2.24) is 16.2 Å². The third-order valence-corrected chi connectivity index (χ3v) is 4.99. The number of ether oxygens (including phenoxy) is 1. The minimum atomic E-state index is -0.306. The molecule has 1 saturated carbocycles. The third kappa shape index (κ3) is 5.83. The summed E-state index contributed by atoms with van der Waals surface area (Å²) in [7, 11) is 0. The molecule has 1 aromatic carbocycles. The largest absolute Gasteiger partial charge is 0.484 e. The summed E-state index contributed by atoms with van der Waals surface area (Å²) in [5, 5.41) is 4.34. The number of hydrogen-bond donors (Lipinski definition) is 3. The van der Waals surface area contributed by atoms with Gasteiger partial charge in [-0.3, -0.25) is 15.6 Å². The van der Waals surface area contributed by atoms with Gasteiger partial charge in [0.15, 0.2) is 11.7 Å². The molecular formula is C17H24ClN3O2S. The normalized spacial score (nSPS) is 23.2. The van der Waals surface area contributed by atoms with Crippen LogP contribution in [0.5, 0.6) is 5.75 Å². The Balaban J connectivity index is 1.67. The van der Waals surface area contributed by atoms with E-state index in [0.717, 1.165) is 6.42 Å². The Morgan fingerprint density at radius 2 is 1.96 bits per heavy atom. The van der Waals surface area contributed by atoms with Crippen molar-refractivity contribution >= 4 is 34.8 Å². The summed E-state index contributed by atoms with van der Waals surface area (Å²) in [6, 6.07) is 7.18. The van der Waals surface area contributed by atoms with Gasteiger partial charge in [0.05, 0.1) is 0 Å². The number of halogens is 1. The Labute approximate surface area is 153 Å². The summed E-state index contributed by atoms with van der Waals surface area (Å²) in [5.74, 6) is 1.52. The van der Waals surface area contributed by atoms with E-state index in [1.54, 1.807) is 24.3 Å². The van der Waals surface area contributed by atoms with Crippen molar-refractivity contribution in [2.45, 2.75) is 39.2 Å². The number of thiocarbonyl (C=S) groups is 1. The molecule has 0 heterocycles. The maximum Gasteiger partial charge on any atom is 0.276 e. The molecule has 7 heteroatoms. The number of rotatable bonds is 4. The van der Waals surface area contributed by atoms with E-state index in [4.69, 9.17) is 28.6 Å². The zero-order valence-electron chi connectivity index (χ0n) is 14.0. The van der Waals surface area contributed by atoms with Gasteiger partial charge in [0.25, 0.3) is 5.91 Å². The first-order valence-corrected chi connectivity index (χ1v) is 8.98. The second-order valence-electron chi connectivity index (χ2n) is 6.26. The van der Waals surface area contributed by atoms with Crippen LogP contribution in [0.4, 0.5) is 0 Å². The van der Waals surface area contributed by atoms with E-state index < -0.39 is 0 Å². The van der Waals surface area contributed by atoms with Crippen molar-refractivity contribution in [3.8, 4) is 5.75 Å². The fourth-order valence-corrected chi connectivity index (χ4v) is 3.16. The SMILES string of the molecule is C[C@@H]1[C@H](C)CCC[C@H]1NC(=S)NNC(=O)COc1ccc(Cl)cc1. The lowest BCUT2D eigenvalue weighted by Gasteiger charge is -2.35. The molecule has 24 heavy (non-hydrogen) atoms. The molecule has 0 unspecified atom stereocenters. The summed E-state index contributed by atoms with van der Waals surface area (Å²) in [5.41, 5.74) is 5.27. The zero-order chi connectivity index (χ0) is 17.5. The highest BCUT2D eigenvalue weighted by molar-refractivity contribution is 7.80. The van der Waals surface area contributed by atoms with Gasteiger partial charge in [-0.05, 0) is 54.7 Å². The highest BCUT2D eigenvalue weighted by Crippen LogP contribution is 2.29. The minimum absolute atomic E-state index is 0.103. The molecule has 0 bridgehead atoms. The number of hydrazine groups is 1. The Kier molecular flexibility index (Phi) is 7.12. The average molecular weight is 370 g/mol. The topological polar surface area (TPSA) is 62.4 Å². The van der Waals surface area contributed by atoms with E-state index in [9.17, 15) is 4.79 Å². The van der Waals surface area contributed by atoms with Crippen LogP contribution >= 0.6 is 23.8 Å². The summed E-state index contributed by atoms with van der Waals surface area (Å²) in [4.78, 5) is 11.8. The van der Waals surface area contributed by atoms with Gasteiger partial charge >= 0.3 is 0 Å². The first-order valence-electron chi connectivity index (χ1n) is 8.19. The smallest absolute Gasteiger partial charge is 0.276 e. The van der Waals surface area contributed by atoms with Crippen LogP contribution in [-0.4, -0.2) is 23.7 Å². The van der Waals surface area contributed by atoms with Crippen molar-refractivity contribution in [3.05, 3.63) is 29.3 Å². The molecule has 1 aromatic rings. The number of nitrogens with one attached hydrogen (secondary N) is 3. The number of hydrogen-bond acceptors (Lipinski definition) is 3. The van der Waals surface area contributed by atoms with Gasteiger partial charge in [-0.1, -0.05) is 38.3 Å². The van der Waals surface area contributed by atoms with Crippen molar-refractivity contribution in [3.63, 3.8) is 0 Å². The van der Waals surface area contributed by atoms with Crippen LogP contribution in [0.3, 0.4) is 0 Å². The van der Waals surface area contributed by atoms with Gasteiger partial charge in [0.1, 0.15) is 5.75 Å². The number of amides is 1. The standard InChI is InChI=1S/C17H24ClN3O2S/c1-11-4-3-5-15(12(11)2)19-17(24)21-20-16(22)10-23-14-8-6-13(18)7-9-14/h6-9,11-12,15H,3-5,10H2,1-2H3,(H,20,22)(H2,19,21,24)/t11-,12-,15-/m1/s1. The Bertz CT molecular complexity index is 567. The second-order valence-corrected chi connectivity index (χ2v) is 7.11. The molecule has 0 spiro atoms. The Morgan fingerprint density at radius 3 is 2.67 bits per heavy atom. The van der Waals surface area contributed by atoms with E-state index >= 15 is 0 Å². The van der Waals surface area contributed by atoms with Crippen LogP contribution in [0.25, 0.3) is 0 Å². The number of carbonyl (C=O) groups excluding carboxylic acids is 1. The van der Waals surface area contributed by atoms with Crippen LogP contribution in [-0.2, 0) is 4.79 Å². The van der Waals surface area contributed by atoms with E-state index in [-0.39, 0.29) is 12.5 Å². The van der Waals surface area contributed by atoms with Gasteiger partial charge in [0, 0.05) is 11.1 Å². The lowest BCUT2D eigenvalue weighted by molar-refractivity contribution is -0.123. The lowest BCUT2D eigenvalue weighted by Crippen LogP contribution is -2.53. The number of benzene rings is 1. The van der Waals surface area contributed by atoms with Gasteiger partial charge < -0.3 is 10.1 Å². The Morgan fingerprint density at radius 1 is 1.25 bits per heavy atom. The first-order chi connectivity index (χ1) is 11.5. The molecule has 2 rings (SSSR count). The van der Waals surface area contributed by atoms with Crippen molar-refractivity contribution < 1.29 is 9.53 Å². The highest BCUT2D eigenvalue weighted by Gasteiger charge is 2.27.